The summed E-state index contributed by atoms with van der Waals surface area (Å²) in [6.45, 7) is 2.14. The highest BCUT2D eigenvalue weighted by Gasteiger charge is 2.38. The Labute approximate surface area is 104 Å². The Hall–Kier alpha value is -1.03. The second-order valence-electron chi connectivity index (χ2n) is 5.50. The van der Waals surface area contributed by atoms with Gasteiger partial charge in [-0.2, -0.15) is 13.2 Å². The van der Waals surface area contributed by atoms with Gasteiger partial charge >= 0.3 is 6.18 Å². The highest BCUT2D eigenvalue weighted by Crippen LogP contribution is 2.43. The van der Waals surface area contributed by atoms with Gasteiger partial charge in [0.25, 0.3) is 0 Å². The van der Waals surface area contributed by atoms with Crippen LogP contribution in [0.25, 0.3) is 0 Å². The lowest BCUT2D eigenvalue weighted by molar-refractivity contribution is -0.137. The van der Waals surface area contributed by atoms with Crippen LogP contribution in [0, 0.1) is 5.92 Å². The Balaban J connectivity index is 1.94. The van der Waals surface area contributed by atoms with Crippen LogP contribution in [-0.4, -0.2) is 6.04 Å². The predicted molar refractivity (Wildman–Crippen MR) is 63.2 cm³/mol. The van der Waals surface area contributed by atoms with Crippen molar-refractivity contribution in [3.8, 4) is 0 Å². The lowest BCUT2D eigenvalue weighted by atomic mass is 9.89. The molecule has 18 heavy (non-hydrogen) atoms. The van der Waals surface area contributed by atoms with E-state index in [2.05, 4.69) is 12.2 Å². The molecule has 1 N–H and O–H groups in total. The minimum Gasteiger partial charge on any atom is -0.307 e. The van der Waals surface area contributed by atoms with E-state index in [1.807, 2.05) is 0 Å². The summed E-state index contributed by atoms with van der Waals surface area (Å²) in [5.74, 6) is 0.472. The van der Waals surface area contributed by atoms with Crippen LogP contribution >= 0.6 is 0 Å². The van der Waals surface area contributed by atoms with Gasteiger partial charge in [0.2, 0.25) is 0 Å². The summed E-state index contributed by atoms with van der Waals surface area (Å²) >= 11 is 0. The van der Waals surface area contributed by atoms with Gasteiger partial charge in [-0.25, -0.2) is 0 Å². The van der Waals surface area contributed by atoms with Gasteiger partial charge in [0.05, 0.1) is 5.56 Å². The van der Waals surface area contributed by atoms with Crippen molar-refractivity contribution < 1.29 is 13.2 Å². The normalized spacial score (nSPS) is 31.0. The van der Waals surface area contributed by atoms with Gasteiger partial charge in [0.1, 0.15) is 0 Å². The number of fused-ring (bicyclic) bond motifs is 3. The molecule has 1 aromatic carbocycles. The molecule has 1 heterocycles. The van der Waals surface area contributed by atoms with Crippen molar-refractivity contribution in [1.82, 2.24) is 5.32 Å². The standard InChI is InChI=1S/C14H16F3N/c1-8-2-3-9-6-10-7-11(14(15,16)17)4-5-12(10)13(9)18-8/h4-5,7-9,13,18H,2-3,6H2,1H3. The molecule has 0 bridgehead atoms. The maximum atomic E-state index is 12.7. The van der Waals surface area contributed by atoms with E-state index in [0.717, 1.165) is 30.4 Å². The van der Waals surface area contributed by atoms with Crippen molar-refractivity contribution in [2.24, 2.45) is 5.92 Å². The molecule has 4 heteroatoms. The molecule has 0 spiro atoms. The lowest BCUT2D eigenvalue weighted by Crippen LogP contribution is -2.38. The van der Waals surface area contributed by atoms with Crippen LogP contribution in [-0.2, 0) is 12.6 Å². The number of hydrogen-bond acceptors (Lipinski definition) is 1. The molecule has 3 unspecified atom stereocenters. The molecule has 1 aromatic rings. The van der Waals surface area contributed by atoms with Crippen LogP contribution in [0.15, 0.2) is 18.2 Å². The third-order valence-corrected chi connectivity index (χ3v) is 4.19. The van der Waals surface area contributed by atoms with Crippen molar-refractivity contribution in [1.29, 1.82) is 0 Å². The number of hydrogen-bond donors (Lipinski definition) is 1. The second kappa shape index (κ2) is 3.98. The minimum absolute atomic E-state index is 0.256. The third kappa shape index (κ3) is 1.92. The fraction of sp³-hybridized carbons (Fsp3) is 0.571. The summed E-state index contributed by atoms with van der Waals surface area (Å²) in [5.41, 5.74) is 1.42. The van der Waals surface area contributed by atoms with E-state index < -0.39 is 11.7 Å². The molecule has 1 aliphatic carbocycles. The number of rotatable bonds is 0. The van der Waals surface area contributed by atoms with Crippen LogP contribution in [0.5, 0.6) is 0 Å². The summed E-state index contributed by atoms with van der Waals surface area (Å²) in [7, 11) is 0. The van der Waals surface area contributed by atoms with Crippen molar-refractivity contribution in [2.45, 2.75) is 44.4 Å². The monoisotopic (exact) mass is 255 g/mol. The molecule has 3 atom stereocenters. The number of nitrogens with one attached hydrogen (secondary N) is 1. The molecule has 0 radical (unpaired) electrons. The van der Waals surface area contributed by atoms with Crippen molar-refractivity contribution in [3.05, 3.63) is 34.9 Å². The summed E-state index contributed by atoms with van der Waals surface area (Å²) in [6, 6.07) is 4.92. The highest BCUT2D eigenvalue weighted by atomic mass is 19.4. The topological polar surface area (TPSA) is 12.0 Å². The molecule has 1 saturated heterocycles. The van der Waals surface area contributed by atoms with E-state index in [1.54, 1.807) is 6.07 Å². The molecule has 1 nitrogen and oxygen atoms in total. The predicted octanol–water partition coefficient (Wildman–Crippen LogP) is 3.69. The Morgan fingerprint density at radius 3 is 2.72 bits per heavy atom. The first kappa shape index (κ1) is 12.0. The Morgan fingerprint density at radius 2 is 2.00 bits per heavy atom. The smallest absolute Gasteiger partial charge is 0.307 e. The summed E-state index contributed by atoms with van der Waals surface area (Å²) < 4.78 is 38.0. The number of alkyl halides is 3. The van der Waals surface area contributed by atoms with E-state index in [1.165, 1.54) is 12.1 Å². The first-order valence-corrected chi connectivity index (χ1v) is 6.41. The van der Waals surface area contributed by atoms with E-state index in [0.29, 0.717) is 12.0 Å². The first-order valence-electron chi connectivity index (χ1n) is 6.41. The zero-order valence-corrected chi connectivity index (χ0v) is 10.2. The molecule has 1 aliphatic heterocycles. The highest BCUT2D eigenvalue weighted by molar-refractivity contribution is 5.40. The average molecular weight is 255 g/mol. The van der Waals surface area contributed by atoms with Gasteiger partial charge in [0, 0.05) is 12.1 Å². The zero-order valence-electron chi connectivity index (χ0n) is 10.2. The van der Waals surface area contributed by atoms with Crippen molar-refractivity contribution in [3.63, 3.8) is 0 Å². The number of benzene rings is 1. The molecule has 0 saturated carbocycles. The van der Waals surface area contributed by atoms with Gasteiger partial charge in [0.15, 0.2) is 0 Å². The molecular formula is C14H16F3N. The average Bonchev–Trinajstić information content (AvgIpc) is 2.65. The van der Waals surface area contributed by atoms with Crippen LogP contribution < -0.4 is 5.32 Å². The number of halogens is 3. The Morgan fingerprint density at radius 1 is 1.22 bits per heavy atom. The van der Waals surface area contributed by atoms with Gasteiger partial charge in [-0.05, 0) is 55.4 Å². The maximum Gasteiger partial charge on any atom is 0.416 e. The van der Waals surface area contributed by atoms with Crippen molar-refractivity contribution in [2.75, 3.05) is 0 Å². The van der Waals surface area contributed by atoms with E-state index in [9.17, 15) is 13.2 Å². The van der Waals surface area contributed by atoms with Crippen molar-refractivity contribution >= 4 is 0 Å². The summed E-state index contributed by atoms with van der Waals surface area (Å²) in [6.07, 6.45) is -1.23. The minimum atomic E-state index is -4.23. The lowest BCUT2D eigenvalue weighted by Gasteiger charge is -2.32. The third-order valence-electron chi connectivity index (χ3n) is 4.19. The quantitative estimate of drug-likeness (QED) is 0.745. The largest absolute Gasteiger partial charge is 0.416 e. The fourth-order valence-electron chi connectivity index (χ4n) is 3.27. The SMILES string of the molecule is CC1CCC2Cc3cc(C(F)(F)F)ccc3C2N1. The molecular weight excluding hydrogens is 239 g/mol. The second-order valence-corrected chi connectivity index (χ2v) is 5.50. The summed E-state index contributed by atoms with van der Waals surface area (Å²) in [5, 5.41) is 3.51. The van der Waals surface area contributed by atoms with Crippen LogP contribution in [0.4, 0.5) is 13.2 Å². The van der Waals surface area contributed by atoms with Crippen LogP contribution in [0.1, 0.15) is 42.5 Å². The molecule has 0 amide bonds. The Kier molecular flexibility index (Phi) is 2.66. The van der Waals surface area contributed by atoms with E-state index >= 15 is 0 Å². The first-order chi connectivity index (χ1) is 8.45. The molecule has 0 aromatic heterocycles. The maximum absolute atomic E-state index is 12.7. The fourth-order valence-corrected chi connectivity index (χ4v) is 3.27. The molecule has 98 valence electrons. The van der Waals surface area contributed by atoms with E-state index in [4.69, 9.17) is 0 Å². The van der Waals surface area contributed by atoms with Gasteiger partial charge in [-0.15, -0.1) is 0 Å². The molecule has 3 rings (SSSR count). The number of piperidine rings is 1. The Bertz CT molecular complexity index is 467. The van der Waals surface area contributed by atoms with Gasteiger partial charge in [-0.3, -0.25) is 0 Å². The van der Waals surface area contributed by atoms with Crippen LogP contribution in [0.3, 0.4) is 0 Å². The van der Waals surface area contributed by atoms with Gasteiger partial charge in [-0.1, -0.05) is 6.07 Å². The summed E-state index contributed by atoms with van der Waals surface area (Å²) in [4.78, 5) is 0. The van der Waals surface area contributed by atoms with E-state index in [-0.39, 0.29) is 6.04 Å². The zero-order chi connectivity index (χ0) is 12.9. The van der Waals surface area contributed by atoms with Crippen LogP contribution in [0.2, 0.25) is 0 Å². The molecule has 2 aliphatic rings. The van der Waals surface area contributed by atoms with Gasteiger partial charge < -0.3 is 5.32 Å². The molecule has 1 fully saturated rings.